The van der Waals surface area contributed by atoms with Crippen molar-refractivity contribution in [1.29, 1.82) is 0 Å². The Morgan fingerprint density at radius 2 is 1.55 bits per heavy atom. The predicted molar refractivity (Wildman–Crippen MR) is 127 cm³/mol. The molecule has 2 nitrogen and oxygen atoms in total. The maximum absolute atomic E-state index is 15.3. The van der Waals surface area contributed by atoms with Gasteiger partial charge >= 0.3 is 6.18 Å². The fraction of sp³-hybridized carbons (Fsp3) is 0.250. The van der Waals surface area contributed by atoms with E-state index in [9.17, 15) is 0 Å². The Kier molecular flexibility index (Phi) is 3.21. The molecule has 0 bridgehead atoms. The highest BCUT2D eigenvalue weighted by Crippen LogP contribution is 2.60. The lowest BCUT2D eigenvalue weighted by Gasteiger charge is -2.49. The average Bonchev–Trinajstić information content (AvgIpc) is 3.23. The van der Waals surface area contributed by atoms with Gasteiger partial charge in [-0.1, -0.05) is 80.6 Å². The van der Waals surface area contributed by atoms with Crippen LogP contribution in [0.15, 0.2) is 66.7 Å². The summed E-state index contributed by atoms with van der Waals surface area (Å²) in [6.07, 6.45) is -4.62. The standard InChI is InChI=1S/C28H23F3N2/c1-16-14-15-20-23-21(16)18-12-8-9-13-19(18)25-32-22(17-10-6-5-7-11-17)24(33(23)25)27(4,26(20,2)3)28(29,30)31/h5-15H,1-4H3/i1D3. The molecule has 0 spiro atoms. The van der Waals surface area contributed by atoms with E-state index in [2.05, 4.69) is 0 Å². The van der Waals surface area contributed by atoms with Crippen LogP contribution in [0.1, 0.15) is 41.7 Å². The first kappa shape index (κ1) is 17.2. The number of aromatic nitrogens is 2. The minimum Gasteiger partial charge on any atom is -0.294 e. The number of rotatable bonds is 1. The van der Waals surface area contributed by atoms with Gasteiger partial charge in [-0.3, -0.25) is 4.40 Å². The van der Waals surface area contributed by atoms with E-state index in [-0.39, 0.29) is 17.0 Å². The summed E-state index contributed by atoms with van der Waals surface area (Å²) in [6, 6.07) is 19.1. The number of fused-ring (bicyclic) bond motifs is 3. The molecule has 1 unspecified atom stereocenters. The summed E-state index contributed by atoms with van der Waals surface area (Å²) in [6.45, 7) is 1.98. The maximum Gasteiger partial charge on any atom is 0.400 e. The fourth-order valence-electron chi connectivity index (χ4n) is 5.63. The molecule has 0 amide bonds. The fourth-order valence-corrected chi connectivity index (χ4v) is 5.63. The lowest BCUT2D eigenvalue weighted by molar-refractivity contribution is -0.205. The summed E-state index contributed by atoms with van der Waals surface area (Å²) in [5, 5.41) is 1.72. The highest BCUT2D eigenvalue weighted by atomic mass is 19.4. The summed E-state index contributed by atoms with van der Waals surface area (Å²) in [7, 11) is 0. The quantitative estimate of drug-likeness (QED) is 0.240. The van der Waals surface area contributed by atoms with Crippen LogP contribution in [-0.2, 0) is 10.8 Å². The predicted octanol–water partition coefficient (Wildman–Crippen LogP) is 7.73. The highest BCUT2D eigenvalue weighted by molar-refractivity contribution is 6.15. The summed E-state index contributed by atoms with van der Waals surface area (Å²) in [5.41, 5.74) is -1.43. The van der Waals surface area contributed by atoms with E-state index < -0.39 is 23.9 Å². The van der Waals surface area contributed by atoms with Crippen LogP contribution in [0.2, 0.25) is 0 Å². The van der Waals surface area contributed by atoms with Crippen LogP contribution >= 0.6 is 0 Å². The van der Waals surface area contributed by atoms with Gasteiger partial charge in [0.25, 0.3) is 0 Å². The molecule has 0 fully saturated rings. The number of nitrogens with zero attached hydrogens (tertiary/aromatic N) is 2. The van der Waals surface area contributed by atoms with Crippen LogP contribution in [0.3, 0.4) is 0 Å². The van der Waals surface area contributed by atoms with Gasteiger partial charge in [-0.2, -0.15) is 13.2 Å². The molecule has 2 aromatic heterocycles. The highest BCUT2D eigenvalue weighted by Gasteiger charge is 2.65. The van der Waals surface area contributed by atoms with E-state index in [1.54, 1.807) is 60.7 Å². The van der Waals surface area contributed by atoms with Crippen molar-refractivity contribution in [2.45, 2.75) is 44.6 Å². The van der Waals surface area contributed by atoms with Crippen molar-refractivity contribution >= 4 is 27.3 Å². The number of alkyl halides is 3. The van der Waals surface area contributed by atoms with E-state index in [1.165, 1.54) is 13.0 Å². The third kappa shape index (κ3) is 2.27. The smallest absolute Gasteiger partial charge is 0.294 e. The molecule has 0 saturated heterocycles. The lowest BCUT2D eigenvalue weighted by Crippen LogP contribution is -2.56. The molecule has 3 heterocycles. The van der Waals surface area contributed by atoms with Gasteiger partial charge in [0.05, 0.1) is 16.9 Å². The molecule has 0 saturated carbocycles. The van der Waals surface area contributed by atoms with E-state index >= 15 is 13.2 Å². The van der Waals surface area contributed by atoms with E-state index in [1.807, 2.05) is 18.2 Å². The van der Waals surface area contributed by atoms with E-state index in [0.717, 1.165) is 0 Å². The molecular formula is C28H23F3N2. The minimum absolute atomic E-state index is 0.0344. The second-order valence-electron chi connectivity index (χ2n) is 9.51. The third-order valence-corrected chi connectivity index (χ3v) is 7.73. The lowest BCUT2D eigenvalue weighted by atomic mass is 9.58. The third-order valence-electron chi connectivity index (χ3n) is 7.73. The van der Waals surface area contributed by atoms with E-state index in [0.29, 0.717) is 38.4 Å². The number of imidazole rings is 1. The summed E-state index contributed by atoms with van der Waals surface area (Å²) < 4.78 is 72.0. The molecule has 3 aromatic carbocycles. The van der Waals surface area contributed by atoms with Gasteiger partial charge < -0.3 is 0 Å². The molecule has 1 aliphatic rings. The van der Waals surface area contributed by atoms with Crippen LogP contribution in [0.25, 0.3) is 38.6 Å². The first-order valence-corrected chi connectivity index (χ1v) is 10.8. The van der Waals surface area contributed by atoms with E-state index in [4.69, 9.17) is 9.10 Å². The Morgan fingerprint density at radius 1 is 0.879 bits per heavy atom. The monoisotopic (exact) mass is 447 g/mol. The molecule has 6 rings (SSSR count). The van der Waals surface area contributed by atoms with Crippen molar-refractivity contribution in [1.82, 2.24) is 9.38 Å². The van der Waals surface area contributed by atoms with Gasteiger partial charge in [0, 0.05) is 25.9 Å². The molecule has 5 aromatic rings. The largest absolute Gasteiger partial charge is 0.400 e. The van der Waals surface area contributed by atoms with Crippen LogP contribution in [0.4, 0.5) is 13.2 Å². The number of pyridine rings is 1. The van der Waals surface area contributed by atoms with Gasteiger partial charge in [0.1, 0.15) is 11.1 Å². The summed E-state index contributed by atoms with van der Waals surface area (Å²) in [4.78, 5) is 4.85. The Hall–Kier alpha value is -3.34. The Bertz CT molecular complexity index is 1700. The van der Waals surface area contributed by atoms with Crippen LogP contribution in [-0.4, -0.2) is 15.6 Å². The Balaban J connectivity index is 2.00. The first-order chi connectivity index (χ1) is 16.8. The van der Waals surface area contributed by atoms with Crippen molar-refractivity contribution in [3.8, 4) is 11.3 Å². The molecule has 1 aliphatic heterocycles. The van der Waals surface area contributed by atoms with Crippen molar-refractivity contribution in [2.24, 2.45) is 0 Å². The van der Waals surface area contributed by atoms with Gasteiger partial charge in [-0.15, -0.1) is 0 Å². The zero-order valence-corrected chi connectivity index (χ0v) is 18.4. The molecule has 166 valence electrons. The van der Waals surface area contributed by atoms with Gasteiger partial charge in [-0.25, -0.2) is 4.98 Å². The van der Waals surface area contributed by atoms with Crippen molar-refractivity contribution in [2.75, 3.05) is 0 Å². The Labute approximate surface area is 193 Å². The molecule has 0 N–H and O–H groups in total. The minimum atomic E-state index is -4.62. The van der Waals surface area contributed by atoms with Gasteiger partial charge in [0.15, 0.2) is 0 Å². The molecule has 0 aliphatic carbocycles. The summed E-state index contributed by atoms with van der Waals surface area (Å²) >= 11 is 0. The van der Waals surface area contributed by atoms with Crippen LogP contribution < -0.4 is 0 Å². The number of hydrogen-bond donors (Lipinski definition) is 0. The molecular weight excluding hydrogens is 421 g/mol. The molecule has 1 atom stereocenters. The SMILES string of the molecule is [2H]C([2H])([2H])c1ccc2c3c1c1ccccc1c1nc(-c4ccccc4)c(n13)C(C)(C(F)(F)F)C2(C)C. The summed E-state index contributed by atoms with van der Waals surface area (Å²) in [5.74, 6) is 0. The van der Waals surface area contributed by atoms with Gasteiger partial charge in [0.2, 0.25) is 0 Å². The number of hydrogen-bond acceptors (Lipinski definition) is 1. The van der Waals surface area contributed by atoms with Crippen molar-refractivity contribution in [3.05, 3.63) is 83.6 Å². The zero-order chi connectivity index (χ0) is 25.8. The van der Waals surface area contributed by atoms with Gasteiger partial charge in [-0.05, 0) is 30.3 Å². The molecule has 33 heavy (non-hydrogen) atoms. The number of aryl methyl sites for hydroxylation is 1. The first-order valence-electron chi connectivity index (χ1n) is 12.3. The number of benzene rings is 3. The Morgan fingerprint density at radius 3 is 2.21 bits per heavy atom. The van der Waals surface area contributed by atoms with Crippen LogP contribution in [0, 0.1) is 6.85 Å². The second kappa shape index (κ2) is 6.16. The number of halogens is 3. The average molecular weight is 448 g/mol. The molecule has 5 heteroatoms. The van der Waals surface area contributed by atoms with Crippen LogP contribution in [0.5, 0.6) is 0 Å². The topological polar surface area (TPSA) is 17.3 Å². The van der Waals surface area contributed by atoms with Crippen molar-refractivity contribution < 1.29 is 17.3 Å². The zero-order valence-electron chi connectivity index (χ0n) is 21.4. The molecule has 0 radical (unpaired) electrons. The second-order valence-corrected chi connectivity index (χ2v) is 9.51. The normalized spacial score (nSPS) is 21.5. The van der Waals surface area contributed by atoms with Crippen molar-refractivity contribution in [3.63, 3.8) is 0 Å². The maximum atomic E-state index is 15.3.